The largest absolute Gasteiger partial charge is 0.357 e. The van der Waals surface area contributed by atoms with Gasteiger partial charge in [0, 0.05) is 19.1 Å². The standard InChI is InChI=1S/C15H24N4O/c1-3-19(4-2)14-9-8-11(10-17-14)18-15(20)12-6-5-7-13(12)16/h8-10,12-13H,3-7,16H2,1-2H3,(H,18,20). The first-order chi connectivity index (χ1) is 9.65. The summed E-state index contributed by atoms with van der Waals surface area (Å²) in [6.07, 6.45) is 4.58. The van der Waals surface area contributed by atoms with Crippen molar-refractivity contribution in [1.82, 2.24) is 4.98 Å². The van der Waals surface area contributed by atoms with Gasteiger partial charge in [0.15, 0.2) is 0 Å². The molecule has 3 N–H and O–H groups in total. The summed E-state index contributed by atoms with van der Waals surface area (Å²) in [4.78, 5) is 18.7. The molecule has 1 aliphatic carbocycles. The second kappa shape index (κ2) is 6.70. The lowest BCUT2D eigenvalue weighted by Crippen LogP contribution is -2.34. The van der Waals surface area contributed by atoms with E-state index < -0.39 is 0 Å². The highest BCUT2D eigenvalue weighted by Crippen LogP contribution is 2.25. The molecule has 0 aromatic carbocycles. The number of carbonyl (C=O) groups is 1. The highest BCUT2D eigenvalue weighted by molar-refractivity contribution is 5.93. The third kappa shape index (κ3) is 3.28. The maximum atomic E-state index is 12.1. The molecule has 2 unspecified atom stereocenters. The molecule has 1 aliphatic rings. The smallest absolute Gasteiger partial charge is 0.229 e. The van der Waals surface area contributed by atoms with Gasteiger partial charge >= 0.3 is 0 Å². The molecule has 5 nitrogen and oxygen atoms in total. The second-order valence-corrected chi connectivity index (χ2v) is 5.27. The minimum Gasteiger partial charge on any atom is -0.357 e. The SMILES string of the molecule is CCN(CC)c1ccc(NC(=O)C2CCCC2N)cn1. The summed E-state index contributed by atoms with van der Waals surface area (Å²) < 4.78 is 0. The van der Waals surface area contributed by atoms with Crippen molar-refractivity contribution in [2.45, 2.75) is 39.2 Å². The first kappa shape index (κ1) is 14.8. The molecule has 0 spiro atoms. The Balaban J connectivity index is 1.98. The third-order valence-corrected chi connectivity index (χ3v) is 4.01. The summed E-state index contributed by atoms with van der Waals surface area (Å²) in [5, 5.41) is 2.92. The van der Waals surface area contributed by atoms with Gasteiger partial charge in [-0.05, 0) is 38.8 Å². The fourth-order valence-corrected chi connectivity index (χ4v) is 2.74. The lowest BCUT2D eigenvalue weighted by molar-refractivity contribution is -0.120. The van der Waals surface area contributed by atoms with E-state index in [1.54, 1.807) is 6.20 Å². The Kier molecular flexibility index (Phi) is 4.95. The molecule has 0 saturated heterocycles. The van der Waals surface area contributed by atoms with E-state index in [1.807, 2.05) is 12.1 Å². The van der Waals surface area contributed by atoms with E-state index in [1.165, 1.54) is 0 Å². The van der Waals surface area contributed by atoms with Crippen molar-refractivity contribution < 1.29 is 4.79 Å². The van der Waals surface area contributed by atoms with Crippen molar-refractivity contribution in [1.29, 1.82) is 0 Å². The van der Waals surface area contributed by atoms with Crippen LogP contribution in [0.25, 0.3) is 0 Å². The van der Waals surface area contributed by atoms with Gasteiger partial charge in [-0.3, -0.25) is 4.79 Å². The zero-order chi connectivity index (χ0) is 14.5. The molecule has 1 aromatic rings. The number of hydrogen-bond donors (Lipinski definition) is 2. The number of nitrogens with one attached hydrogen (secondary N) is 1. The monoisotopic (exact) mass is 276 g/mol. The van der Waals surface area contributed by atoms with Crippen LogP contribution in [0, 0.1) is 5.92 Å². The van der Waals surface area contributed by atoms with Gasteiger partial charge in [0.2, 0.25) is 5.91 Å². The number of nitrogens with zero attached hydrogens (tertiary/aromatic N) is 2. The maximum Gasteiger partial charge on any atom is 0.229 e. The van der Waals surface area contributed by atoms with Crippen LogP contribution in [0.1, 0.15) is 33.1 Å². The van der Waals surface area contributed by atoms with Crippen LogP contribution in [0.2, 0.25) is 0 Å². The minimum atomic E-state index is -0.0579. The summed E-state index contributed by atoms with van der Waals surface area (Å²) >= 11 is 0. The summed E-state index contributed by atoms with van der Waals surface area (Å²) in [5.41, 5.74) is 6.69. The Labute approximate surface area is 120 Å². The van der Waals surface area contributed by atoms with Crippen molar-refractivity contribution >= 4 is 17.4 Å². The van der Waals surface area contributed by atoms with Crippen molar-refractivity contribution in [3.05, 3.63) is 18.3 Å². The van der Waals surface area contributed by atoms with Crippen molar-refractivity contribution in [2.75, 3.05) is 23.3 Å². The number of aromatic nitrogens is 1. The highest BCUT2D eigenvalue weighted by Gasteiger charge is 2.30. The van der Waals surface area contributed by atoms with Crippen LogP contribution in [0.5, 0.6) is 0 Å². The van der Waals surface area contributed by atoms with E-state index in [4.69, 9.17) is 5.73 Å². The Morgan fingerprint density at radius 3 is 2.65 bits per heavy atom. The Morgan fingerprint density at radius 2 is 2.15 bits per heavy atom. The summed E-state index contributed by atoms with van der Waals surface area (Å²) in [7, 11) is 0. The maximum absolute atomic E-state index is 12.1. The van der Waals surface area contributed by atoms with Gasteiger partial charge in [0.1, 0.15) is 5.82 Å². The van der Waals surface area contributed by atoms with E-state index in [-0.39, 0.29) is 17.9 Å². The molecular weight excluding hydrogens is 252 g/mol. The normalized spacial score (nSPS) is 21.8. The Morgan fingerprint density at radius 1 is 1.40 bits per heavy atom. The van der Waals surface area contributed by atoms with Crippen LogP contribution in [-0.2, 0) is 4.79 Å². The Hall–Kier alpha value is -1.62. The van der Waals surface area contributed by atoms with Gasteiger partial charge in [-0.15, -0.1) is 0 Å². The van der Waals surface area contributed by atoms with E-state index in [0.29, 0.717) is 0 Å². The summed E-state index contributed by atoms with van der Waals surface area (Å²) in [6.45, 7) is 6.04. The minimum absolute atomic E-state index is 0.00194. The van der Waals surface area contributed by atoms with Crippen molar-refractivity contribution in [2.24, 2.45) is 11.7 Å². The topological polar surface area (TPSA) is 71.2 Å². The molecule has 1 amide bonds. The van der Waals surface area contributed by atoms with Gasteiger partial charge in [-0.2, -0.15) is 0 Å². The molecule has 1 aromatic heterocycles. The molecule has 0 bridgehead atoms. The number of carbonyl (C=O) groups excluding carboxylic acids is 1. The highest BCUT2D eigenvalue weighted by atomic mass is 16.1. The molecule has 110 valence electrons. The van der Waals surface area contributed by atoms with Crippen LogP contribution in [0.15, 0.2) is 18.3 Å². The van der Waals surface area contributed by atoms with Crippen LogP contribution < -0.4 is 16.0 Å². The molecular formula is C15H24N4O. The van der Waals surface area contributed by atoms with E-state index in [9.17, 15) is 4.79 Å². The Bertz CT molecular complexity index is 442. The lowest BCUT2D eigenvalue weighted by atomic mass is 10.0. The first-order valence-corrected chi connectivity index (χ1v) is 7.43. The van der Waals surface area contributed by atoms with E-state index in [0.717, 1.165) is 43.9 Å². The molecule has 1 fully saturated rings. The molecule has 0 radical (unpaired) electrons. The number of hydrogen-bond acceptors (Lipinski definition) is 4. The van der Waals surface area contributed by atoms with Crippen LogP contribution in [0.3, 0.4) is 0 Å². The summed E-state index contributed by atoms with van der Waals surface area (Å²) in [5.74, 6) is 0.899. The van der Waals surface area contributed by atoms with E-state index in [2.05, 4.69) is 29.0 Å². The average molecular weight is 276 g/mol. The van der Waals surface area contributed by atoms with Crippen LogP contribution >= 0.6 is 0 Å². The predicted octanol–water partition coefficient (Wildman–Crippen LogP) is 1.99. The summed E-state index contributed by atoms with van der Waals surface area (Å²) in [6, 6.07) is 3.84. The van der Waals surface area contributed by atoms with Gasteiger partial charge in [0.05, 0.1) is 17.8 Å². The predicted molar refractivity (Wildman–Crippen MR) is 81.7 cm³/mol. The van der Waals surface area contributed by atoms with Gasteiger partial charge in [0.25, 0.3) is 0 Å². The molecule has 0 aliphatic heterocycles. The number of amides is 1. The quantitative estimate of drug-likeness (QED) is 0.863. The number of rotatable bonds is 5. The van der Waals surface area contributed by atoms with Gasteiger partial charge < -0.3 is 16.0 Å². The zero-order valence-electron chi connectivity index (χ0n) is 12.3. The van der Waals surface area contributed by atoms with Crippen LogP contribution in [0.4, 0.5) is 11.5 Å². The molecule has 1 saturated carbocycles. The average Bonchev–Trinajstić information content (AvgIpc) is 2.88. The number of nitrogens with two attached hydrogens (primary N) is 1. The van der Waals surface area contributed by atoms with Gasteiger partial charge in [-0.1, -0.05) is 6.42 Å². The fourth-order valence-electron chi connectivity index (χ4n) is 2.74. The second-order valence-electron chi connectivity index (χ2n) is 5.27. The number of pyridine rings is 1. The molecule has 2 atom stereocenters. The number of anilines is 2. The lowest BCUT2D eigenvalue weighted by Gasteiger charge is -2.20. The first-order valence-electron chi connectivity index (χ1n) is 7.43. The molecule has 5 heteroatoms. The van der Waals surface area contributed by atoms with Gasteiger partial charge in [-0.25, -0.2) is 4.98 Å². The van der Waals surface area contributed by atoms with Crippen molar-refractivity contribution in [3.8, 4) is 0 Å². The fraction of sp³-hybridized carbons (Fsp3) is 0.600. The van der Waals surface area contributed by atoms with Crippen LogP contribution in [-0.4, -0.2) is 30.0 Å². The molecule has 1 heterocycles. The molecule has 20 heavy (non-hydrogen) atoms. The molecule has 2 rings (SSSR count). The van der Waals surface area contributed by atoms with E-state index >= 15 is 0 Å². The third-order valence-electron chi connectivity index (χ3n) is 4.01. The zero-order valence-corrected chi connectivity index (χ0v) is 12.3. The van der Waals surface area contributed by atoms with Crippen molar-refractivity contribution in [3.63, 3.8) is 0 Å².